The predicted octanol–water partition coefficient (Wildman–Crippen LogP) is 1.38. The second kappa shape index (κ2) is 5.31. The van der Waals surface area contributed by atoms with Crippen LogP contribution in [-0.2, 0) is 9.53 Å². The molecule has 0 aromatic heterocycles. The predicted molar refractivity (Wildman–Crippen MR) is 44.4 cm³/mol. The highest BCUT2D eigenvalue weighted by atomic mass is 19.4. The molecular formula is C8H10F3NO2. The number of hydrogen-bond acceptors (Lipinski definition) is 2. The molecule has 0 unspecified atom stereocenters. The van der Waals surface area contributed by atoms with Crippen molar-refractivity contribution in [1.29, 1.82) is 0 Å². The van der Waals surface area contributed by atoms with Crippen LogP contribution in [0.3, 0.4) is 0 Å². The van der Waals surface area contributed by atoms with Crippen LogP contribution < -0.4 is 5.32 Å². The minimum Gasteiger partial charge on any atom is -0.504 e. The van der Waals surface area contributed by atoms with Crippen LogP contribution in [0.15, 0.2) is 24.5 Å². The molecule has 0 aromatic carbocycles. The largest absolute Gasteiger partial charge is 0.504 e. The zero-order valence-electron chi connectivity index (χ0n) is 7.52. The first kappa shape index (κ1) is 12.5. The van der Waals surface area contributed by atoms with Crippen LogP contribution >= 0.6 is 0 Å². The zero-order valence-corrected chi connectivity index (χ0v) is 7.52. The molecular weight excluding hydrogens is 199 g/mol. The summed E-state index contributed by atoms with van der Waals surface area (Å²) in [7, 11) is 1.39. The van der Waals surface area contributed by atoms with Gasteiger partial charge < -0.3 is 10.1 Å². The van der Waals surface area contributed by atoms with Gasteiger partial charge in [0.15, 0.2) is 0 Å². The van der Waals surface area contributed by atoms with Gasteiger partial charge in [-0.15, -0.1) is 0 Å². The number of hydrogen-bond donors (Lipinski definition) is 1. The fourth-order valence-corrected chi connectivity index (χ4v) is 0.517. The third kappa shape index (κ3) is 5.23. The van der Waals surface area contributed by atoms with Gasteiger partial charge in [0.1, 0.15) is 0 Å². The lowest BCUT2D eigenvalue weighted by Gasteiger charge is -2.07. The van der Waals surface area contributed by atoms with E-state index in [1.807, 2.05) is 0 Å². The van der Waals surface area contributed by atoms with Crippen LogP contribution in [-0.4, -0.2) is 25.7 Å². The molecule has 6 heteroatoms. The van der Waals surface area contributed by atoms with Gasteiger partial charge in [-0.2, -0.15) is 13.2 Å². The summed E-state index contributed by atoms with van der Waals surface area (Å²) >= 11 is 0. The summed E-state index contributed by atoms with van der Waals surface area (Å²) in [6.45, 7) is 3.13. The Morgan fingerprint density at radius 2 is 2.14 bits per heavy atom. The molecule has 0 fully saturated rings. The first-order valence-corrected chi connectivity index (χ1v) is 3.60. The summed E-state index contributed by atoms with van der Waals surface area (Å²) in [6.07, 6.45) is -2.25. The van der Waals surface area contributed by atoms with Gasteiger partial charge in [-0.05, 0) is 11.6 Å². The first-order valence-electron chi connectivity index (χ1n) is 3.60. The maximum atomic E-state index is 11.7. The van der Waals surface area contributed by atoms with Crippen molar-refractivity contribution in [3.63, 3.8) is 0 Å². The van der Waals surface area contributed by atoms with Gasteiger partial charge in [-0.1, -0.05) is 6.58 Å². The number of ether oxygens (including phenoxy) is 1. The lowest BCUT2D eigenvalue weighted by Crippen LogP contribution is -2.37. The minimum atomic E-state index is -4.86. The topological polar surface area (TPSA) is 38.3 Å². The molecule has 0 aliphatic carbocycles. The maximum Gasteiger partial charge on any atom is 0.471 e. The van der Waals surface area contributed by atoms with Gasteiger partial charge >= 0.3 is 12.1 Å². The second-order valence-electron chi connectivity index (χ2n) is 2.38. The molecule has 0 atom stereocenters. The molecule has 14 heavy (non-hydrogen) atoms. The summed E-state index contributed by atoms with van der Waals surface area (Å²) in [6, 6.07) is 0. The molecule has 0 saturated carbocycles. The van der Waals surface area contributed by atoms with Crippen molar-refractivity contribution in [2.75, 3.05) is 13.7 Å². The molecule has 1 N–H and O–H groups in total. The van der Waals surface area contributed by atoms with Crippen molar-refractivity contribution in [1.82, 2.24) is 5.32 Å². The summed E-state index contributed by atoms with van der Waals surface area (Å²) < 4.78 is 39.5. The average Bonchev–Trinajstić information content (AvgIpc) is 2.09. The van der Waals surface area contributed by atoms with Crippen molar-refractivity contribution in [2.45, 2.75) is 6.18 Å². The first-order chi connectivity index (χ1) is 6.38. The number of alkyl halides is 3. The standard InChI is InChI=1S/C8H10F3NO2/c1-6(3-4-14-2)5-12-7(13)8(9,10)11/h3-4H,1,5H2,2H3,(H,12,13)/b4-3+. The Morgan fingerprint density at radius 3 is 2.57 bits per heavy atom. The highest BCUT2D eigenvalue weighted by Gasteiger charge is 2.38. The zero-order chi connectivity index (χ0) is 11.2. The summed E-state index contributed by atoms with van der Waals surface area (Å²) in [5.41, 5.74) is 0.310. The number of carbonyl (C=O) groups excluding carboxylic acids is 1. The minimum absolute atomic E-state index is 0.266. The van der Waals surface area contributed by atoms with E-state index in [2.05, 4.69) is 11.3 Å². The molecule has 0 radical (unpaired) electrons. The fraction of sp³-hybridized carbons (Fsp3) is 0.375. The Labute approximate surface area is 79.2 Å². The molecule has 80 valence electrons. The van der Waals surface area contributed by atoms with E-state index in [4.69, 9.17) is 0 Å². The van der Waals surface area contributed by atoms with E-state index in [0.717, 1.165) is 0 Å². The Morgan fingerprint density at radius 1 is 1.57 bits per heavy atom. The summed E-state index contributed by atoms with van der Waals surface area (Å²) in [4.78, 5) is 10.3. The quantitative estimate of drug-likeness (QED) is 0.561. The number of carbonyl (C=O) groups is 1. The molecule has 0 saturated heterocycles. The highest BCUT2D eigenvalue weighted by Crippen LogP contribution is 2.13. The number of methoxy groups -OCH3 is 1. The lowest BCUT2D eigenvalue weighted by molar-refractivity contribution is -0.173. The van der Waals surface area contributed by atoms with Gasteiger partial charge in [0.05, 0.1) is 13.4 Å². The number of rotatable bonds is 4. The van der Waals surface area contributed by atoms with Gasteiger partial charge in [0.2, 0.25) is 0 Å². The molecule has 0 rings (SSSR count). The van der Waals surface area contributed by atoms with Crippen molar-refractivity contribution < 1.29 is 22.7 Å². The average molecular weight is 209 g/mol. The third-order valence-corrected chi connectivity index (χ3v) is 1.17. The van der Waals surface area contributed by atoms with Crippen LogP contribution in [0.4, 0.5) is 13.2 Å². The van der Waals surface area contributed by atoms with E-state index in [9.17, 15) is 18.0 Å². The highest BCUT2D eigenvalue weighted by molar-refractivity contribution is 5.81. The fourth-order valence-electron chi connectivity index (χ4n) is 0.517. The van der Waals surface area contributed by atoms with Crippen LogP contribution in [0.1, 0.15) is 0 Å². The molecule has 0 heterocycles. The maximum absolute atomic E-state index is 11.7. The van der Waals surface area contributed by atoms with E-state index in [1.54, 1.807) is 5.32 Å². The number of nitrogens with one attached hydrogen (secondary N) is 1. The molecule has 0 aromatic rings. The SMILES string of the molecule is C=C(/C=C/OC)CNC(=O)C(F)(F)F. The molecule has 0 spiro atoms. The smallest absolute Gasteiger partial charge is 0.471 e. The van der Waals surface area contributed by atoms with Crippen LogP contribution in [0.25, 0.3) is 0 Å². The Kier molecular flexibility index (Phi) is 4.76. The Bertz CT molecular complexity index is 245. The van der Waals surface area contributed by atoms with Crippen molar-refractivity contribution >= 4 is 5.91 Å². The van der Waals surface area contributed by atoms with Crippen molar-refractivity contribution in [3.8, 4) is 0 Å². The second-order valence-corrected chi connectivity index (χ2v) is 2.38. The lowest BCUT2D eigenvalue weighted by atomic mass is 10.3. The molecule has 0 aliphatic rings. The summed E-state index contributed by atoms with van der Waals surface area (Å²) in [5, 5.41) is 1.66. The molecule has 0 aliphatic heterocycles. The van der Waals surface area contributed by atoms with Crippen LogP contribution in [0.2, 0.25) is 0 Å². The molecule has 1 amide bonds. The van der Waals surface area contributed by atoms with E-state index in [0.29, 0.717) is 5.57 Å². The van der Waals surface area contributed by atoms with Crippen molar-refractivity contribution in [2.24, 2.45) is 0 Å². The van der Waals surface area contributed by atoms with Gasteiger partial charge in [-0.25, -0.2) is 0 Å². The van der Waals surface area contributed by atoms with Crippen molar-refractivity contribution in [3.05, 3.63) is 24.5 Å². The third-order valence-electron chi connectivity index (χ3n) is 1.17. The Balaban J connectivity index is 3.90. The van der Waals surface area contributed by atoms with Gasteiger partial charge in [0, 0.05) is 6.54 Å². The van der Waals surface area contributed by atoms with Crippen LogP contribution in [0.5, 0.6) is 0 Å². The van der Waals surface area contributed by atoms with E-state index in [-0.39, 0.29) is 6.54 Å². The Hall–Kier alpha value is -1.46. The number of amides is 1. The number of halogens is 3. The molecule has 3 nitrogen and oxygen atoms in total. The van der Waals surface area contributed by atoms with E-state index >= 15 is 0 Å². The van der Waals surface area contributed by atoms with E-state index in [1.165, 1.54) is 19.4 Å². The normalized spacial score (nSPS) is 11.4. The van der Waals surface area contributed by atoms with E-state index < -0.39 is 12.1 Å². The van der Waals surface area contributed by atoms with Gasteiger partial charge in [0.25, 0.3) is 0 Å². The van der Waals surface area contributed by atoms with Gasteiger partial charge in [-0.3, -0.25) is 4.79 Å². The monoisotopic (exact) mass is 209 g/mol. The van der Waals surface area contributed by atoms with Crippen LogP contribution in [0, 0.1) is 0 Å². The summed E-state index contributed by atoms with van der Waals surface area (Å²) in [5.74, 6) is -1.98. The molecule has 0 bridgehead atoms.